The van der Waals surface area contributed by atoms with E-state index < -0.39 is 11.6 Å². The molecular weight excluding hydrogens is 246 g/mol. The molecule has 0 N–H and O–H groups in total. The highest BCUT2D eigenvalue weighted by molar-refractivity contribution is 5.81. The van der Waals surface area contributed by atoms with Crippen LogP contribution in [0.1, 0.15) is 33.6 Å². The largest absolute Gasteiger partial charge is 0.468 e. The highest BCUT2D eigenvalue weighted by Gasteiger charge is 2.39. The molecule has 1 fully saturated rings. The number of nitrogens with zero attached hydrogens (tertiary/aromatic N) is 1. The van der Waals surface area contributed by atoms with Crippen LogP contribution >= 0.6 is 0 Å². The van der Waals surface area contributed by atoms with Crippen LogP contribution in [0.15, 0.2) is 12.7 Å². The molecule has 0 aromatic heterocycles. The van der Waals surface area contributed by atoms with Crippen molar-refractivity contribution in [2.24, 2.45) is 0 Å². The number of carbonyl (C=O) groups is 2. The van der Waals surface area contributed by atoms with Crippen molar-refractivity contribution in [3.63, 3.8) is 0 Å². The van der Waals surface area contributed by atoms with E-state index in [1.54, 1.807) is 4.90 Å². The average molecular weight is 269 g/mol. The predicted octanol–water partition coefficient (Wildman–Crippen LogP) is 1.52. The van der Waals surface area contributed by atoms with Gasteiger partial charge >= 0.3 is 11.9 Å². The molecule has 1 rings (SSSR count). The number of hydrogen-bond donors (Lipinski definition) is 0. The molecular formula is C14H23NO4. The van der Waals surface area contributed by atoms with E-state index in [1.807, 2.05) is 20.8 Å². The summed E-state index contributed by atoms with van der Waals surface area (Å²) in [5.74, 6) is -0.689. The number of ether oxygens (including phenoxy) is 2. The Morgan fingerprint density at radius 1 is 1.42 bits per heavy atom. The lowest BCUT2D eigenvalue weighted by molar-refractivity contribution is -0.161. The van der Waals surface area contributed by atoms with Crippen molar-refractivity contribution in [1.82, 2.24) is 4.90 Å². The third kappa shape index (κ3) is 4.06. The smallest absolute Gasteiger partial charge is 0.327 e. The van der Waals surface area contributed by atoms with E-state index in [9.17, 15) is 9.59 Å². The fraction of sp³-hybridized carbons (Fsp3) is 0.714. The van der Waals surface area contributed by atoms with Crippen molar-refractivity contribution in [3.05, 3.63) is 12.7 Å². The Morgan fingerprint density at radius 3 is 2.53 bits per heavy atom. The lowest BCUT2D eigenvalue weighted by atomic mass is 10.1. The van der Waals surface area contributed by atoms with Crippen LogP contribution in [0.5, 0.6) is 0 Å². The normalized spacial score (nSPS) is 21.8. The molecule has 0 bridgehead atoms. The van der Waals surface area contributed by atoms with E-state index in [1.165, 1.54) is 13.2 Å². The van der Waals surface area contributed by atoms with Gasteiger partial charge in [0.1, 0.15) is 17.7 Å². The summed E-state index contributed by atoms with van der Waals surface area (Å²) in [4.78, 5) is 25.6. The number of likely N-dealkylation sites (tertiary alicyclic amines) is 1. The van der Waals surface area contributed by atoms with E-state index >= 15 is 0 Å². The maximum Gasteiger partial charge on any atom is 0.327 e. The molecule has 1 saturated heterocycles. The lowest BCUT2D eigenvalue weighted by Gasteiger charge is -2.30. The van der Waals surface area contributed by atoms with Crippen LogP contribution in [0.3, 0.4) is 0 Å². The zero-order valence-electron chi connectivity index (χ0n) is 12.1. The van der Waals surface area contributed by atoms with Crippen LogP contribution in [0.2, 0.25) is 0 Å². The van der Waals surface area contributed by atoms with Crippen LogP contribution in [-0.2, 0) is 19.1 Å². The summed E-state index contributed by atoms with van der Waals surface area (Å²) >= 11 is 0. The first-order valence-corrected chi connectivity index (χ1v) is 6.49. The molecule has 108 valence electrons. The van der Waals surface area contributed by atoms with Gasteiger partial charge < -0.3 is 9.47 Å². The van der Waals surface area contributed by atoms with Gasteiger partial charge in [0, 0.05) is 6.54 Å². The topological polar surface area (TPSA) is 55.8 Å². The maximum absolute atomic E-state index is 12.1. The van der Waals surface area contributed by atoms with Crippen molar-refractivity contribution in [1.29, 1.82) is 0 Å². The van der Waals surface area contributed by atoms with Crippen LogP contribution in [-0.4, -0.2) is 48.2 Å². The van der Waals surface area contributed by atoms with Crippen molar-refractivity contribution < 1.29 is 19.1 Å². The minimum absolute atomic E-state index is 0.312. The molecule has 1 aliphatic rings. The van der Waals surface area contributed by atoms with Gasteiger partial charge in [0.15, 0.2) is 0 Å². The van der Waals surface area contributed by atoms with Crippen LogP contribution in [0, 0.1) is 0 Å². The molecule has 0 spiro atoms. The second-order valence-electron chi connectivity index (χ2n) is 5.63. The summed E-state index contributed by atoms with van der Waals surface area (Å²) in [5.41, 5.74) is -0.557. The molecule has 1 heterocycles. The third-order valence-corrected chi connectivity index (χ3v) is 3.00. The SMILES string of the molecule is C=CC(C(=O)OC(C)(C)C)N1CCCC1C(=O)OC. The molecule has 0 radical (unpaired) electrons. The summed E-state index contributed by atoms with van der Waals surface area (Å²) in [6.45, 7) is 9.78. The zero-order valence-corrected chi connectivity index (χ0v) is 12.1. The molecule has 0 aromatic carbocycles. The Labute approximate surface area is 114 Å². The third-order valence-electron chi connectivity index (χ3n) is 3.00. The quantitative estimate of drug-likeness (QED) is 0.572. The average Bonchev–Trinajstić information content (AvgIpc) is 2.75. The Kier molecular flexibility index (Phi) is 5.11. The summed E-state index contributed by atoms with van der Waals surface area (Å²) < 4.78 is 10.1. The molecule has 19 heavy (non-hydrogen) atoms. The molecule has 0 saturated carbocycles. The molecule has 5 nitrogen and oxygen atoms in total. The standard InChI is InChI=1S/C14H23NO4/c1-6-10(13(17)19-14(2,3)4)15-9-7-8-11(15)12(16)18-5/h6,10-11H,1,7-9H2,2-5H3. The van der Waals surface area contributed by atoms with Gasteiger partial charge in [-0.1, -0.05) is 6.08 Å². The van der Waals surface area contributed by atoms with Gasteiger partial charge in [0.2, 0.25) is 0 Å². The molecule has 0 aromatic rings. The van der Waals surface area contributed by atoms with Gasteiger partial charge in [0.25, 0.3) is 0 Å². The second kappa shape index (κ2) is 6.19. The number of esters is 2. The minimum Gasteiger partial charge on any atom is -0.468 e. The maximum atomic E-state index is 12.1. The van der Waals surface area contributed by atoms with E-state index in [0.717, 1.165) is 6.42 Å². The summed E-state index contributed by atoms with van der Waals surface area (Å²) in [6, 6.07) is -0.994. The van der Waals surface area contributed by atoms with Crippen molar-refractivity contribution in [2.45, 2.75) is 51.3 Å². The summed E-state index contributed by atoms with van der Waals surface area (Å²) in [5, 5.41) is 0. The first-order valence-electron chi connectivity index (χ1n) is 6.49. The molecule has 1 aliphatic heterocycles. The van der Waals surface area contributed by atoms with Crippen LogP contribution < -0.4 is 0 Å². The highest BCUT2D eigenvalue weighted by atomic mass is 16.6. The van der Waals surface area contributed by atoms with Gasteiger partial charge in [-0.3, -0.25) is 9.69 Å². The van der Waals surface area contributed by atoms with E-state index in [2.05, 4.69) is 6.58 Å². The first-order chi connectivity index (χ1) is 8.80. The summed E-state index contributed by atoms with van der Waals surface area (Å²) in [6.07, 6.45) is 3.07. The Bertz CT molecular complexity index is 359. The fourth-order valence-corrected chi connectivity index (χ4v) is 2.24. The molecule has 0 aliphatic carbocycles. The highest BCUT2D eigenvalue weighted by Crippen LogP contribution is 2.23. The number of rotatable bonds is 4. The Morgan fingerprint density at radius 2 is 2.05 bits per heavy atom. The summed E-state index contributed by atoms with van der Waals surface area (Å²) in [7, 11) is 1.36. The molecule has 5 heteroatoms. The predicted molar refractivity (Wildman–Crippen MR) is 71.6 cm³/mol. The van der Waals surface area contributed by atoms with E-state index in [0.29, 0.717) is 13.0 Å². The zero-order chi connectivity index (χ0) is 14.6. The number of carbonyl (C=O) groups excluding carboxylic acids is 2. The van der Waals surface area contributed by atoms with Crippen molar-refractivity contribution in [2.75, 3.05) is 13.7 Å². The van der Waals surface area contributed by atoms with E-state index in [4.69, 9.17) is 9.47 Å². The van der Waals surface area contributed by atoms with Gasteiger partial charge in [-0.15, -0.1) is 6.58 Å². The monoisotopic (exact) mass is 269 g/mol. The molecule has 0 amide bonds. The Hall–Kier alpha value is -1.36. The van der Waals surface area contributed by atoms with Gasteiger partial charge in [-0.05, 0) is 33.6 Å². The Balaban J connectivity index is 2.81. The van der Waals surface area contributed by atoms with Gasteiger partial charge in [-0.25, -0.2) is 4.79 Å². The lowest BCUT2D eigenvalue weighted by Crippen LogP contribution is -2.48. The van der Waals surface area contributed by atoms with Crippen LogP contribution in [0.25, 0.3) is 0 Å². The van der Waals surface area contributed by atoms with E-state index in [-0.39, 0.29) is 18.0 Å². The van der Waals surface area contributed by atoms with Gasteiger partial charge in [-0.2, -0.15) is 0 Å². The first kappa shape index (κ1) is 15.7. The molecule has 2 atom stereocenters. The minimum atomic E-state index is -0.606. The van der Waals surface area contributed by atoms with Crippen molar-refractivity contribution >= 4 is 11.9 Å². The second-order valence-corrected chi connectivity index (χ2v) is 5.63. The van der Waals surface area contributed by atoms with Crippen molar-refractivity contribution in [3.8, 4) is 0 Å². The molecule has 2 unspecified atom stereocenters. The fourth-order valence-electron chi connectivity index (χ4n) is 2.24. The van der Waals surface area contributed by atoms with Gasteiger partial charge in [0.05, 0.1) is 7.11 Å². The number of methoxy groups -OCH3 is 1. The van der Waals surface area contributed by atoms with Crippen LogP contribution in [0.4, 0.5) is 0 Å². The number of hydrogen-bond acceptors (Lipinski definition) is 5.